The Morgan fingerprint density at radius 3 is 2.70 bits per heavy atom. The molecule has 0 bridgehead atoms. The molecule has 0 spiro atoms. The minimum absolute atomic E-state index is 0.0571. The average molecular weight is 674 g/mol. The minimum Gasteiger partial charge on any atom is -0.486 e. The molecule has 3 aromatic rings. The molecule has 1 amide bonds. The van der Waals surface area contributed by atoms with Gasteiger partial charge in [0.25, 0.3) is 5.91 Å². The first-order valence-corrected chi connectivity index (χ1v) is 17.0. The van der Waals surface area contributed by atoms with Crippen LogP contribution in [0, 0.1) is 5.92 Å². The number of thiazole rings is 1. The molecule has 1 aromatic carbocycles. The van der Waals surface area contributed by atoms with E-state index in [1.54, 1.807) is 5.38 Å². The molecule has 1 fully saturated rings. The van der Waals surface area contributed by atoms with Crippen LogP contribution in [0.4, 0.5) is 5.13 Å². The summed E-state index contributed by atoms with van der Waals surface area (Å²) in [7, 11) is -2.88. The standard InChI is InChI=1S/C30H36N6O8S2/c1-30(2)23(28(38)36(30)44-46(39,40)41)14-25(37)27(24-17-45-29(32)33-24)34-42-16-22-10-7-19-13-18(8-11-26(19)43-22)20-6-9-21(5-4-12-31)35(3)15-20/h6,8-9,11,13,15,17,22-23H,4-5,7,10,12,14,16,31H2,1-3H3,(H2-,32,33,39,40,41)/p+1/b34-27-/t22-,23+/m0/s1. The van der Waals surface area contributed by atoms with Gasteiger partial charge in [-0.1, -0.05) is 11.2 Å². The summed E-state index contributed by atoms with van der Waals surface area (Å²) < 4.78 is 43.9. The van der Waals surface area contributed by atoms with Crippen molar-refractivity contribution in [2.24, 2.45) is 23.9 Å². The highest BCUT2D eigenvalue weighted by atomic mass is 32.3. The summed E-state index contributed by atoms with van der Waals surface area (Å²) in [6, 6.07) is 10.3. The maximum atomic E-state index is 13.4. The summed E-state index contributed by atoms with van der Waals surface area (Å²) in [5, 5.41) is 6.37. The normalized spacial score (nSPS) is 19.3. The summed E-state index contributed by atoms with van der Waals surface area (Å²) in [5.74, 6) is -1.53. The van der Waals surface area contributed by atoms with Gasteiger partial charge in [0.15, 0.2) is 35.1 Å². The molecular formula is C30H37N6O8S2+. The smallest absolute Gasteiger partial charge is 0.418 e. The second-order valence-electron chi connectivity index (χ2n) is 11.8. The third-order valence-corrected chi connectivity index (χ3v) is 9.19. The lowest BCUT2D eigenvalue weighted by molar-refractivity contribution is -0.678. The van der Waals surface area contributed by atoms with Gasteiger partial charge in [0.05, 0.1) is 11.5 Å². The Hall–Kier alpha value is -3.96. The molecule has 1 saturated heterocycles. The second kappa shape index (κ2) is 13.4. The zero-order valence-corrected chi connectivity index (χ0v) is 27.3. The number of nitrogens with zero attached hydrogens (tertiary/aromatic N) is 4. The molecule has 2 aromatic heterocycles. The maximum Gasteiger partial charge on any atom is 0.418 e. The van der Waals surface area contributed by atoms with Gasteiger partial charge in [-0.2, -0.15) is 13.5 Å². The van der Waals surface area contributed by atoms with Crippen LogP contribution in [0.3, 0.4) is 0 Å². The van der Waals surface area contributed by atoms with Crippen LogP contribution >= 0.6 is 11.3 Å². The lowest BCUT2D eigenvalue weighted by Crippen LogP contribution is -2.68. The number of carbonyl (C=O) groups is 2. The Bertz CT molecular complexity index is 1770. The quantitative estimate of drug-likeness (QED) is 0.0789. The SMILES string of the molecule is C[n+]1cc(-c2ccc3c(c2)CC[C@@H](CO/N=C(\C(=O)C[C@@H]2C(=O)N(OS(=O)(=O)O)C2(C)C)c2csc(N)n2)O3)ccc1CCCN. The van der Waals surface area contributed by atoms with Gasteiger partial charge in [-0.25, -0.2) is 9.55 Å². The van der Waals surface area contributed by atoms with E-state index < -0.39 is 33.5 Å². The van der Waals surface area contributed by atoms with Gasteiger partial charge in [0.2, 0.25) is 0 Å². The van der Waals surface area contributed by atoms with E-state index in [1.807, 2.05) is 19.2 Å². The first-order chi connectivity index (χ1) is 21.8. The van der Waals surface area contributed by atoms with Gasteiger partial charge >= 0.3 is 10.4 Å². The number of Topliss-reactive ketones (excluding diaryl/α,β-unsaturated/α-hetero) is 1. The molecule has 246 valence electrons. The topological polar surface area (TPSA) is 201 Å². The van der Waals surface area contributed by atoms with E-state index >= 15 is 0 Å². The number of aryl methyl sites for hydroxylation is 3. The Labute approximate surface area is 270 Å². The summed E-state index contributed by atoms with van der Waals surface area (Å²) in [6.45, 7) is 3.73. The Balaban J connectivity index is 1.23. The van der Waals surface area contributed by atoms with Crippen LogP contribution in [0.1, 0.15) is 50.1 Å². The highest BCUT2D eigenvalue weighted by Crippen LogP contribution is 2.41. The minimum atomic E-state index is -4.92. The van der Waals surface area contributed by atoms with E-state index in [1.165, 1.54) is 19.5 Å². The summed E-state index contributed by atoms with van der Waals surface area (Å²) in [6.07, 6.45) is 4.76. The number of oxime groups is 1. The number of ether oxygens (including phenoxy) is 1. The van der Waals surface area contributed by atoms with Crippen molar-refractivity contribution in [2.75, 3.05) is 18.9 Å². The third-order valence-electron chi connectivity index (χ3n) is 8.18. The zero-order valence-electron chi connectivity index (χ0n) is 25.7. The van der Waals surface area contributed by atoms with Gasteiger partial charge in [-0.05, 0) is 69.0 Å². The lowest BCUT2D eigenvalue weighted by Gasteiger charge is -2.50. The highest BCUT2D eigenvalue weighted by Gasteiger charge is 2.57. The number of β-lactam (4-membered cyclic amide) rings is 1. The molecule has 5 N–H and O–H groups in total. The van der Waals surface area contributed by atoms with Crippen LogP contribution in [0.25, 0.3) is 11.1 Å². The van der Waals surface area contributed by atoms with Crippen molar-refractivity contribution in [3.63, 3.8) is 0 Å². The van der Waals surface area contributed by atoms with Gasteiger partial charge in [-0.15, -0.1) is 15.6 Å². The molecule has 2 aliphatic heterocycles. The van der Waals surface area contributed by atoms with Gasteiger partial charge in [0.1, 0.15) is 24.6 Å². The van der Waals surface area contributed by atoms with Crippen molar-refractivity contribution in [2.45, 2.75) is 57.6 Å². The second-order valence-corrected chi connectivity index (χ2v) is 13.7. The number of hydroxylamine groups is 2. The predicted molar refractivity (Wildman–Crippen MR) is 169 cm³/mol. The van der Waals surface area contributed by atoms with Crippen LogP contribution < -0.4 is 20.8 Å². The number of anilines is 1. The number of pyridine rings is 1. The van der Waals surface area contributed by atoms with E-state index in [-0.39, 0.29) is 35.7 Å². The molecule has 0 saturated carbocycles. The molecule has 0 radical (unpaired) electrons. The molecular weight excluding hydrogens is 636 g/mol. The van der Waals surface area contributed by atoms with E-state index in [4.69, 9.17) is 25.6 Å². The number of hydrogen-bond acceptors (Lipinski definition) is 12. The van der Waals surface area contributed by atoms with E-state index in [2.05, 4.69) is 43.4 Å². The molecule has 2 atom stereocenters. The van der Waals surface area contributed by atoms with Crippen LogP contribution in [-0.2, 0) is 49.0 Å². The summed E-state index contributed by atoms with van der Waals surface area (Å²) >= 11 is 1.11. The highest BCUT2D eigenvalue weighted by molar-refractivity contribution is 7.80. The number of hydrogen-bond donors (Lipinski definition) is 3. The molecule has 0 aliphatic carbocycles. The van der Waals surface area contributed by atoms with Gasteiger partial charge in [0, 0.05) is 29.9 Å². The summed E-state index contributed by atoms with van der Waals surface area (Å²) in [5.41, 5.74) is 14.8. The van der Waals surface area contributed by atoms with Crippen LogP contribution in [0.2, 0.25) is 0 Å². The Morgan fingerprint density at radius 2 is 2.04 bits per heavy atom. The fourth-order valence-corrected chi connectivity index (χ4v) is 6.57. The number of nitrogens with two attached hydrogens (primary N) is 2. The number of amides is 1. The number of ketones is 1. The molecule has 4 heterocycles. The number of aromatic nitrogens is 2. The van der Waals surface area contributed by atoms with Gasteiger partial charge < -0.3 is 21.0 Å². The van der Waals surface area contributed by atoms with Crippen LogP contribution in [-0.4, -0.2) is 65.2 Å². The maximum absolute atomic E-state index is 13.4. The molecule has 0 unspecified atom stereocenters. The monoisotopic (exact) mass is 673 g/mol. The van der Waals surface area contributed by atoms with Crippen LogP contribution in [0.5, 0.6) is 5.75 Å². The predicted octanol–water partition coefficient (Wildman–Crippen LogP) is 2.15. The Morgan fingerprint density at radius 1 is 1.28 bits per heavy atom. The largest absolute Gasteiger partial charge is 0.486 e. The fraction of sp³-hybridized carbons (Fsp3) is 0.433. The molecule has 14 nitrogen and oxygen atoms in total. The molecule has 46 heavy (non-hydrogen) atoms. The molecule has 16 heteroatoms. The van der Waals surface area contributed by atoms with Crippen molar-refractivity contribution in [1.82, 2.24) is 10.0 Å². The number of rotatable bonds is 13. The molecule has 5 rings (SSSR count). The van der Waals surface area contributed by atoms with Crippen molar-refractivity contribution >= 4 is 44.3 Å². The first-order valence-electron chi connectivity index (χ1n) is 14.7. The van der Waals surface area contributed by atoms with Crippen LogP contribution in [0.15, 0.2) is 47.1 Å². The van der Waals surface area contributed by atoms with E-state index in [0.717, 1.165) is 53.0 Å². The van der Waals surface area contributed by atoms with Crippen molar-refractivity contribution < 1.29 is 41.0 Å². The van der Waals surface area contributed by atoms with E-state index in [0.29, 0.717) is 18.0 Å². The lowest BCUT2D eigenvalue weighted by atomic mass is 9.74. The Kier molecular flexibility index (Phi) is 9.74. The molecule has 2 aliphatic rings. The zero-order chi connectivity index (χ0) is 33.2. The third kappa shape index (κ3) is 7.36. The van der Waals surface area contributed by atoms with Crippen molar-refractivity contribution in [3.05, 3.63) is 58.9 Å². The van der Waals surface area contributed by atoms with E-state index in [9.17, 15) is 18.0 Å². The number of carbonyl (C=O) groups excluding carboxylic acids is 2. The fourth-order valence-electron chi connectivity index (χ4n) is 5.56. The summed E-state index contributed by atoms with van der Waals surface area (Å²) in [4.78, 5) is 35.7. The number of benzene rings is 1. The van der Waals surface area contributed by atoms with Crippen molar-refractivity contribution in [3.8, 4) is 16.9 Å². The average Bonchev–Trinajstić information content (AvgIpc) is 3.44. The van der Waals surface area contributed by atoms with Crippen molar-refractivity contribution in [1.29, 1.82) is 0 Å². The first kappa shape index (κ1) is 33.4. The van der Waals surface area contributed by atoms with Gasteiger partial charge in [-0.3, -0.25) is 14.1 Å². The number of fused-ring (bicyclic) bond motifs is 1. The number of nitrogen functional groups attached to an aromatic ring is 1.